The van der Waals surface area contributed by atoms with E-state index in [4.69, 9.17) is 4.74 Å². The van der Waals surface area contributed by atoms with Gasteiger partial charge in [0, 0.05) is 13.0 Å². The SMILES string of the molecule is COC/C=C\[C@@H](C)C(=O)c1cn([C@H]2CCC[C@@H](C)C2)nn1. The highest BCUT2D eigenvalue weighted by Gasteiger charge is 2.23. The molecular weight excluding hydrogens is 266 g/mol. The maximum absolute atomic E-state index is 12.3. The summed E-state index contributed by atoms with van der Waals surface area (Å²) < 4.78 is 6.82. The Morgan fingerprint density at radius 2 is 2.38 bits per heavy atom. The Morgan fingerprint density at radius 3 is 3.10 bits per heavy atom. The summed E-state index contributed by atoms with van der Waals surface area (Å²) in [5.74, 6) is 0.538. The fourth-order valence-corrected chi connectivity index (χ4v) is 2.89. The quantitative estimate of drug-likeness (QED) is 0.597. The van der Waals surface area contributed by atoms with Gasteiger partial charge in [-0.15, -0.1) is 5.10 Å². The number of methoxy groups -OCH3 is 1. The number of Topliss-reactive ketones (excluding diaryl/α,β-unsaturated/α-hetero) is 1. The molecule has 116 valence electrons. The molecule has 0 unspecified atom stereocenters. The van der Waals surface area contributed by atoms with Crippen LogP contribution >= 0.6 is 0 Å². The van der Waals surface area contributed by atoms with Crippen molar-refractivity contribution in [2.24, 2.45) is 11.8 Å². The van der Waals surface area contributed by atoms with Gasteiger partial charge >= 0.3 is 0 Å². The van der Waals surface area contributed by atoms with E-state index in [0.717, 1.165) is 18.8 Å². The van der Waals surface area contributed by atoms with Crippen molar-refractivity contribution in [3.05, 3.63) is 24.0 Å². The Labute approximate surface area is 126 Å². The zero-order valence-corrected chi connectivity index (χ0v) is 13.2. The van der Waals surface area contributed by atoms with Crippen molar-refractivity contribution in [3.63, 3.8) is 0 Å². The monoisotopic (exact) mass is 291 g/mol. The molecule has 5 nitrogen and oxygen atoms in total. The molecule has 1 aliphatic carbocycles. The first kappa shape index (κ1) is 15.9. The molecule has 1 fully saturated rings. The molecule has 1 aliphatic rings. The van der Waals surface area contributed by atoms with Crippen LogP contribution in [0.25, 0.3) is 0 Å². The number of carbonyl (C=O) groups is 1. The second-order valence-electron chi connectivity index (χ2n) is 6.05. The molecule has 0 radical (unpaired) electrons. The first-order chi connectivity index (χ1) is 10.1. The van der Waals surface area contributed by atoms with Gasteiger partial charge in [0.05, 0.1) is 18.8 Å². The summed E-state index contributed by atoms with van der Waals surface area (Å²) in [6.07, 6.45) is 10.3. The molecule has 0 N–H and O–H groups in total. The molecule has 1 aromatic rings. The third-order valence-electron chi connectivity index (χ3n) is 4.15. The van der Waals surface area contributed by atoms with Crippen molar-refractivity contribution in [1.29, 1.82) is 0 Å². The lowest BCUT2D eigenvalue weighted by atomic mass is 9.87. The van der Waals surface area contributed by atoms with E-state index in [1.165, 1.54) is 12.8 Å². The lowest BCUT2D eigenvalue weighted by Crippen LogP contribution is -2.18. The summed E-state index contributed by atoms with van der Waals surface area (Å²) in [7, 11) is 1.63. The fraction of sp³-hybridized carbons (Fsp3) is 0.688. The summed E-state index contributed by atoms with van der Waals surface area (Å²) in [4.78, 5) is 12.3. The number of carbonyl (C=O) groups excluding carboxylic acids is 1. The van der Waals surface area contributed by atoms with E-state index < -0.39 is 0 Å². The van der Waals surface area contributed by atoms with Crippen LogP contribution in [0.3, 0.4) is 0 Å². The number of aromatic nitrogens is 3. The summed E-state index contributed by atoms with van der Waals surface area (Å²) in [5.41, 5.74) is 0.461. The Balaban J connectivity index is 2.00. The first-order valence-corrected chi connectivity index (χ1v) is 7.73. The average molecular weight is 291 g/mol. The van der Waals surface area contributed by atoms with Crippen molar-refractivity contribution in [2.45, 2.75) is 45.6 Å². The molecule has 0 aromatic carbocycles. The molecule has 1 heterocycles. The molecule has 3 atom stereocenters. The Hall–Kier alpha value is -1.49. The molecule has 0 aliphatic heterocycles. The van der Waals surface area contributed by atoms with Gasteiger partial charge in [-0.2, -0.15) is 0 Å². The van der Waals surface area contributed by atoms with Crippen LogP contribution in [0, 0.1) is 11.8 Å². The van der Waals surface area contributed by atoms with Crippen LogP contribution in [0.1, 0.15) is 56.1 Å². The van der Waals surface area contributed by atoms with Gasteiger partial charge in [-0.25, -0.2) is 4.68 Å². The third kappa shape index (κ3) is 4.24. The summed E-state index contributed by atoms with van der Waals surface area (Å²) in [6, 6.07) is 0.391. The van der Waals surface area contributed by atoms with Gasteiger partial charge in [0.1, 0.15) is 5.69 Å². The molecule has 0 saturated heterocycles. The van der Waals surface area contributed by atoms with Crippen molar-refractivity contribution < 1.29 is 9.53 Å². The van der Waals surface area contributed by atoms with Crippen LogP contribution in [0.2, 0.25) is 0 Å². The summed E-state index contributed by atoms with van der Waals surface area (Å²) in [6.45, 7) is 4.66. The fourth-order valence-electron chi connectivity index (χ4n) is 2.89. The molecule has 1 saturated carbocycles. The van der Waals surface area contributed by atoms with Crippen molar-refractivity contribution >= 4 is 5.78 Å². The van der Waals surface area contributed by atoms with Crippen molar-refractivity contribution in [3.8, 4) is 0 Å². The summed E-state index contributed by atoms with van der Waals surface area (Å²) in [5, 5.41) is 8.24. The summed E-state index contributed by atoms with van der Waals surface area (Å²) >= 11 is 0. The van der Waals surface area contributed by atoms with Crippen LogP contribution in [-0.2, 0) is 4.74 Å². The van der Waals surface area contributed by atoms with Gasteiger partial charge in [-0.1, -0.05) is 44.1 Å². The van der Waals surface area contributed by atoms with Gasteiger partial charge < -0.3 is 4.74 Å². The number of rotatable bonds is 6. The third-order valence-corrected chi connectivity index (χ3v) is 4.15. The highest BCUT2D eigenvalue weighted by Crippen LogP contribution is 2.31. The predicted molar refractivity (Wildman–Crippen MR) is 81.2 cm³/mol. The van der Waals surface area contributed by atoms with Gasteiger partial charge in [-0.05, 0) is 18.8 Å². The number of hydrogen-bond donors (Lipinski definition) is 0. The average Bonchev–Trinajstić information content (AvgIpc) is 2.96. The van der Waals surface area contributed by atoms with E-state index in [-0.39, 0.29) is 11.7 Å². The van der Waals surface area contributed by atoms with Crippen LogP contribution in [0.4, 0.5) is 0 Å². The largest absolute Gasteiger partial charge is 0.381 e. The van der Waals surface area contributed by atoms with Crippen molar-refractivity contribution in [1.82, 2.24) is 15.0 Å². The van der Waals surface area contributed by atoms with Gasteiger partial charge in [0.2, 0.25) is 0 Å². The van der Waals surface area contributed by atoms with Gasteiger partial charge in [0.15, 0.2) is 5.78 Å². The molecule has 5 heteroatoms. The molecular formula is C16H25N3O2. The Bertz CT molecular complexity index is 495. The van der Waals surface area contributed by atoms with E-state index in [1.807, 2.05) is 30.0 Å². The number of ketones is 1. The Morgan fingerprint density at radius 1 is 1.57 bits per heavy atom. The second-order valence-corrected chi connectivity index (χ2v) is 6.05. The zero-order valence-electron chi connectivity index (χ0n) is 13.2. The van der Waals surface area contributed by atoms with Gasteiger partial charge in [0.25, 0.3) is 0 Å². The highest BCUT2D eigenvalue weighted by molar-refractivity contribution is 5.96. The number of nitrogens with zero attached hydrogens (tertiary/aromatic N) is 3. The van der Waals surface area contributed by atoms with Crippen LogP contribution in [0.5, 0.6) is 0 Å². The minimum absolute atomic E-state index is 0.0115. The standard InChI is InChI=1S/C16H25N3O2/c1-12-6-4-8-14(10-12)19-11-15(17-18-19)16(20)13(2)7-5-9-21-3/h5,7,11-14H,4,6,8-10H2,1-3H3/b7-5-/t12-,13-,14+/m1/s1. The Kier molecular flexibility index (Phi) is 5.67. The molecule has 2 rings (SSSR count). The molecule has 0 bridgehead atoms. The maximum atomic E-state index is 12.3. The first-order valence-electron chi connectivity index (χ1n) is 7.73. The number of hydrogen-bond acceptors (Lipinski definition) is 4. The molecule has 0 spiro atoms. The normalized spacial score (nSPS) is 24.3. The van der Waals surface area contributed by atoms with E-state index in [9.17, 15) is 4.79 Å². The topological polar surface area (TPSA) is 57.0 Å². The van der Waals surface area contributed by atoms with Crippen LogP contribution in [0.15, 0.2) is 18.3 Å². The number of allylic oxidation sites excluding steroid dienone is 1. The van der Waals surface area contributed by atoms with Crippen LogP contribution < -0.4 is 0 Å². The molecule has 1 aromatic heterocycles. The lowest BCUT2D eigenvalue weighted by molar-refractivity contribution is 0.0947. The van der Waals surface area contributed by atoms with Crippen LogP contribution in [-0.4, -0.2) is 34.5 Å². The second kappa shape index (κ2) is 7.50. The zero-order chi connectivity index (χ0) is 15.2. The van der Waals surface area contributed by atoms with Gasteiger partial charge in [-0.3, -0.25) is 4.79 Å². The number of ether oxygens (including phenoxy) is 1. The molecule has 0 amide bonds. The minimum Gasteiger partial charge on any atom is -0.381 e. The smallest absolute Gasteiger partial charge is 0.191 e. The van der Waals surface area contributed by atoms with Crippen molar-refractivity contribution in [2.75, 3.05) is 13.7 Å². The predicted octanol–water partition coefficient (Wildman–Crippen LogP) is 3.05. The minimum atomic E-state index is -0.199. The van der Waals surface area contributed by atoms with E-state index in [1.54, 1.807) is 7.11 Å². The maximum Gasteiger partial charge on any atom is 0.191 e. The van der Waals surface area contributed by atoms with E-state index in [0.29, 0.717) is 18.3 Å². The van der Waals surface area contributed by atoms with E-state index >= 15 is 0 Å². The molecule has 21 heavy (non-hydrogen) atoms. The highest BCUT2D eigenvalue weighted by atomic mass is 16.5. The lowest BCUT2D eigenvalue weighted by Gasteiger charge is -2.26. The van der Waals surface area contributed by atoms with E-state index in [2.05, 4.69) is 17.2 Å².